The third-order valence-corrected chi connectivity index (χ3v) is 2.92. The number of imidazole rings is 1. The van der Waals surface area contributed by atoms with Gasteiger partial charge in [-0.15, -0.1) is 0 Å². The van der Waals surface area contributed by atoms with Crippen molar-refractivity contribution in [1.82, 2.24) is 9.55 Å². The molecule has 0 radical (unpaired) electrons. The van der Waals surface area contributed by atoms with Gasteiger partial charge in [0.2, 0.25) is 5.82 Å². The van der Waals surface area contributed by atoms with Gasteiger partial charge in [-0.3, -0.25) is 0 Å². The van der Waals surface area contributed by atoms with Crippen molar-refractivity contribution in [3.05, 3.63) is 17.2 Å². The molecule has 1 fully saturated rings. The van der Waals surface area contributed by atoms with E-state index in [1.165, 1.54) is 0 Å². The van der Waals surface area contributed by atoms with Crippen molar-refractivity contribution in [3.8, 4) is 0 Å². The van der Waals surface area contributed by atoms with Gasteiger partial charge in [-0.25, -0.2) is 9.78 Å². The zero-order valence-electron chi connectivity index (χ0n) is 8.27. The third kappa shape index (κ3) is 1.34. The van der Waals surface area contributed by atoms with E-state index in [1.54, 1.807) is 0 Å². The Bertz CT molecular complexity index is 421. The molecule has 0 bridgehead atoms. The number of nitrogens with zero attached hydrogens (tertiary/aromatic N) is 2. The minimum Gasteiger partial charge on any atom is -0.475 e. The maximum atomic E-state index is 11.0. The van der Waals surface area contributed by atoms with Crippen LogP contribution in [0, 0.1) is 0 Å². The Morgan fingerprint density at radius 3 is 3.00 bits per heavy atom. The Morgan fingerprint density at radius 1 is 1.53 bits per heavy atom. The Labute approximate surface area is 86.7 Å². The van der Waals surface area contributed by atoms with Crippen LogP contribution in [0.5, 0.6) is 0 Å². The minimum atomic E-state index is -0.934. The van der Waals surface area contributed by atoms with Crippen LogP contribution in [0.25, 0.3) is 0 Å². The van der Waals surface area contributed by atoms with Crippen LogP contribution in [0.4, 0.5) is 0 Å². The zero-order chi connectivity index (χ0) is 10.4. The summed E-state index contributed by atoms with van der Waals surface area (Å²) in [6.07, 6.45) is 2.93. The minimum absolute atomic E-state index is 0.188. The lowest BCUT2D eigenvalue weighted by Crippen LogP contribution is -2.14. The number of hydrogen-bond donors (Lipinski definition) is 1. The fourth-order valence-electron chi connectivity index (χ4n) is 2.11. The van der Waals surface area contributed by atoms with Crippen LogP contribution < -0.4 is 0 Å². The first kappa shape index (κ1) is 8.91. The van der Waals surface area contributed by atoms with Crippen molar-refractivity contribution in [3.63, 3.8) is 0 Å². The van der Waals surface area contributed by atoms with Gasteiger partial charge >= 0.3 is 5.97 Å². The molecule has 0 unspecified atom stereocenters. The second-order valence-electron chi connectivity index (χ2n) is 4.04. The van der Waals surface area contributed by atoms with Crippen molar-refractivity contribution >= 4 is 5.97 Å². The number of carbonyl (C=O) groups is 1. The molecular weight excluding hydrogens is 196 g/mol. The molecule has 15 heavy (non-hydrogen) atoms. The van der Waals surface area contributed by atoms with Crippen LogP contribution in [0.3, 0.4) is 0 Å². The normalized spacial score (nSPS) is 20.0. The average Bonchev–Trinajstić information content (AvgIpc) is 2.98. The summed E-state index contributed by atoms with van der Waals surface area (Å²) in [5, 5.41) is 9.07. The van der Waals surface area contributed by atoms with Gasteiger partial charge in [0.1, 0.15) is 0 Å². The van der Waals surface area contributed by atoms with Crippen LogP contribution in [0.2, 0.25) is 0 Å². The molecule has 0 saturated heterocycles. The molecule has 0 atom stereocenters. The predicted octanol–water partition coefficient (Wildman–Crippen LogP) is 0.989. The van der Waals surface area contributed by atoms with Gasteiger partial charge in [0.25, 0.3) is 0 Å². The Morgan fingerprint density at radius 2 is 2.33 bits per heavy atom. The molecule has 0 spiro atoms. The summed E-state index contributed by atoms with van der Waals surface area (Å²) in [6, 6.07) is 0.366. The molecule has 5 heteroatoms. The summed E-state index contributed by atoms with van der Waals surface area (Å²) < 4.78 is 7.18. The number of hydrogen-bond acceptors (Lipinski definition) is 3. The molecule has 1 aromatic rings. The number of aromatic carboxylic acids is 1. The van der Waals surface area contributed by atoms with E-state index in [-0.39, 0.29) is 5.82 Å². The molecule has 0 aromatic carbocycles. The first-order valence-corrected chi connectivity index (χ1v) is 5.18. The van der Waals surface area contributed by atoms with E-state index in [0.717, 1.165) is 30.7 Å². The highest BCUT2D eigenvalue weighted by atomic mass is 16.5. The van der Waals surface area contributed by atoms with E-state index in [9.17, 15) is 4.79 Å². The lowest BCUT2D eigenvalue weighted by molar-refractivity contribution is 0.0677. The maximum absolute atomic E-state index is 11.0. The topological polar surface area (TPSA) is 64.3 Å². The van der Waals surface area contributed by atoms with Crippen LogP contribution in [-0.2, 0) is 17.8 Å². The molecule has 1 aliphatic heterocycles. The molecule has 1 saturated carbocycles. The fraction of sp³-hybridized carbons (Fsp3) is 0.600. The summed E-state index contributed by atoms with van der Waals surface area (Å²) >= 11 is 0. The summed E-state index contributed by atoms with van der Waals surface area (Å²) in [7, 11) is 0. The highest BCUT2D eigenvalue weighted by molar-refractivity contribution is 5.84. The Hall–Kier alpha value is -1.36. The van der Waals surface area contributed by atoms with Gasteiger partial charge in [-0.2, -0.15) is 0 Å². The number of ether oxygens (including phenoxy) is 1. The van der Waals surface area contributed by atoms with E-state index in [4.69, 9.17) is 9.84 Å². The highest BCUT2D eigenvalue weighted by Gasteiger charge is 2.33. The molecular formula is C10H12N2O3. The lowest BCUT2D eigenvalue weighted by atomic mass is 10.2. The van der Waals surface area contributed by atoms with Crippen molar-refractivity contribution in [2.45, 2.75) is 31.9 Å². The van der Waals surface area contributed by atoms with Gasteiger partial charge in [-0.1, -0.05) is 0 Å². The maximum Gasteiger partial charge on any atom is 0.372 e. The second-order valence-corrected chi connectivity index (χ2v) is 4.04. The van der Waals surface area contributed by atoms with E-state index in [2.05, 4.69) is 4.98 Å². The Kier molecular flexibility index (Phi) is 1.82. The molecule has 3 rings (SSSR count). The summed E-state index contributed by atoms with van der Waals surface area (Å²) in [5.41, 5.74) is 1.88. The third-order valence-electron chi connectivity index (χ3n) is 2.92. The monoisotopic (exact) mass is 208 g/mol. The molecule has 1 aliphatic carbocycles. The highest BCUT2D eigenvalue weighted by Crippen LogP contribution is 2.38. The van der Waals surface area contributed by atoms with Crippen molar-refractivity contribution in [2.75, 3.05) is 6.61 Å². The van der Waals surface area contributed by atoms with Crippen molar-refractivity contribution < 1.29 is 14.6 Å². The molecule has 5 nitrogen and oxygen atoms in total. The quantitative estimate of drug-likeness (QED) is 0.787. The standard InChI is InChI=1S/C10H12N2O3/c13-10(14)9-11-7-5-15-4-3-8(7)12(9)6-1-2-6/h6H,1-5H2,(H,13,14). The number of carboxylic acids is 1. The molecule has 2 heterocycles. The van der Waals surface area contributed by atoms with Gasteiger partial charge in [0, 0.05) is 18.2 Å². The second kappa shape index (κ2) is 3.06. The number of aromatic nitrogens is 2. The molecule has 2 aliphatic rings. The summed E-state index contributed by atoms with van der Waals surface area (Å²) in [6.45, 7) is 1.12. The summed E-state index contributed by atoms with van der Waals surface area (Å²) in [5.74, 6) is -0.746. The summed E-state index contributed by atoms with van der Waals surface area (Å²) in [4.78, 5) is 15.2. The van der Waals surface area contributed by atoms with Crippen LogP contribution in [0.15, 0.2) is 0 Å². The first-order valence-electron chi connectivity index (χ1n) is 5.18. The van der Waals surface area contributed by atoms with E-state index in [0.29, 0.717) is 19.3 Å². The zero-order valence-corrected chi connectivity index (χ0v) is 8.27. The van der Waals surface area contributed by atoms with Gasteiger partial charge in [0.05, 0.1) is 18.9 Å². The molecule has 1 N–H and O–H groups in total. The smallest absolute Gasteiger partial charge is 0.372 e. The van der Waals surface area contributed by atoms with Crippen LogP contribution in [-0.4, -0.2) is 27.2 Å². The molecule has 80 valence electrons. The Balaban J connectivity index is 2.13. The number of fused-ring (bicyclic) bond motifs is 1. The van der Waals surface area contributed by atoms with Gasteiger partial charge in [0.15, 0.2) is 0 Å². The van der Waals surface area contributed by atoms with Gasteiger partial charge in [-0.05, 0) is 12.8 Å². The fourth-order valence-corrected chi connectivity index (χ4v) is 2.11. The van der Waals surface area contributed by atoms with Crippen molar-refractivity contribution in [1.29, 1.82) is 0 Å². The SMILES string of the molecule is O=C(O)c1nc2c(n1C1CC1)CCOC2. The van der Waals surface area contributed by atoms with Gasteiger partial charge < -0.3 is 14.4 Å². The van der Waals surface area contributed by atoms with Crippen LogP contribution in [0.1, 0.15) is 40.9 Å². The van der Waals surface area contributed by atoms with E-state index >= 15 is 0 Å². The lowest BCUT2D eigenvalue weighted by Gasteiger charge is -2.14. The average molecular weight is 208 g/mol. The molecule has 1 aromatic heterocycles. The number of rotatable bonds is 2. The molecule has 0 amide bonds. The first-order chi connectivity index (χ1) is 7.27. The largest absolute Gasteiger partial charge is 0.475 e. The van der Waals surface area contributed by atoms with E-state index < -0.39 is 5.97 Å². The van der Waals surface area contributed by atoms with E-state index in [1.807, 2.05) is 4.57 Å². The number of carboxylic acid groups (broad SMARTS) is 1. The van der Waals surface area contributed by atoms with Crippen LogP contribution >= 0.6 is 0 Å². The van der Waals surface area contributed by atoms with Crippen molar-refractivity contribution in [2.24, 2.45) is 0 Å². The predicted molar refractivity (Wildman–Crippen MR) is 50.8 cm³/mol.